The quantitative estimate of drug-likeness (QED) is 0.0346. The van der Waals surface area contributed by atoms with Gasteiger partial charge in [-0.3, -0.25) is 9.59 Å². The molecule has 0 aliphatic rings. The highest BCUT2D eigenvalue weighted by Gasteiger charge is 2.17. The molecule has 372 valence electrons. The van der Waals surface area contributed by atoms with Gasteiger partial charge >= 0.3 is 11.9 Å². The van der Waals surface area contributed by atoms with Gasteiger partial charge in [0.05, 0.1) is 6.61 Å². The molecule has 1 atom stereocenters. The van der Waals surface area contributed by atoms with E-state index < -0.39 is 6.10 Å². The van der Waals surface area contributed by atoms with Crippen molar-refractivity contribution in [3.05, 3.63) is 134 Å². The molecule has 5 heteroatoms. The Morgan fingerprint density at radius 2 is 0.682 bits per heavy atom. The molecule has 1 unspecified atom stereocenters. The van der Waals surface area contributed by atoms with Gasteiger partial charge in [-0.1, -0.05) is 206 Å². The van der Waals surface area contributed by atoms with Gasteiger partial charge in [-0.05, 0) is 128 Å². The van der Waals surface area contributed by atoms with Gasteiger partial charge in [0, 0.05) is 19.4 Å². The van der Waals surface area contributed by atoms with Crippen molar-refractivity contribution in [1.82, 2.24) is 0 Å². The largest absolute Gasteiger partial charge is 0.462 e. The van der Waals surface area contributed by atoms with E-state index in [0.29, 0.717) is 19.4 Å². The van der Waals surface area contributed by atoms with Crippen molar-refractivity contribution in [2.45, 2.75) is 219 Å². The van der Waals surface area contributed by atoms with Gasteiger partial charge in [0.1, 0.15) is 6.61 Å². The molecule has 0 saturated carbocycles. The SMILES string of the molecule is CC/C=C\C/C=C\C/C=C\C/C=C\C/C=C\CCCCCC(=O)OCC(COCCCCCCCC/C=C\CCCC)OC(=O)CCCCC/C=C\C/C=C\C/C=C\C/C=C\C/C=C\CC. The van der Waals surface area contributed by atoms with E-state index >= 15 is 0 Å². The van der Waals surface area contributed by atoms with Crippen molar-refractivity contribution in [3.63, 3.8) is 0 Å². The fraction of sp³-hybridized carbons (Fsp3) is 0.607. The van der Waals surface area contributed by atoms with Crippen LogP contribution in [0.5, 0.6) is 0 Å². The van der Waals surface area contributed by atoms with Crippen LogP contribution in [-0.2, 0) is 23.8 Å². The molecule has 0 aromatic heterocycles. The van der Waals surface area contributed by atoms with Gasteiger partial charge < -0.3 is 14.2 Å². The summed E-state index contributed by atoms with van der Waals surface area (Å²) in [6.07, 6.45) is 78.9. The molecule has 0 rings (SSSR count). The maximum Gasteiger partial charge on any atom is 0.306 e. The third-order valence-corrected chi connectivity index (χ3v) is 10.7. The van der Waals surface area contributed by atoms with Gasteiger partial charge in [-0.25, -0.2) is 0 Å². The first-order valence-electron chi connectivity index (χ1n) is 26.7. The molecule has 0 bridgehead atoms. The molecular formula is C61H98O5. The fourth-order valence-electron chi connectivity index (χ4n) is 6.72. The van der Waals surface area contributed by atoms with Crippen LogP contribution in [0.1, 0.15) is 213 Å². The Balaban J connectivity index is 4.42. The Morgan fingerprint density at radius 1 is 0.348 bits per heavy atom. The smallest absolute Gasteiger partial charge is 0.306 e. The van der Waals surface area contributed by atoms with E-state index in [0.717, 1.165) is 128 Å². The summed E-state index contributed by atoms with van der Waals surface area (Å²) in [5.74, 6) is -0.484. The summed E-state index contributed by atoms with van der Waals surface area (Å²) in [7, 11) is 0. The molecule has 0 N–H and O–H groups in total. The van der Waals surface area contributed by atoms with Crippen molar-refractivity contribution in [2.24, 2.45) is 0 Å². The Hall–Kier alpha value is -3.96. The van der Waals surface area contributed by atoms with Crippen LogP contribution in [-0.4, -0.2) is 37.9 Å². The minimum atomic E-state index is -0.580. The molecule has 0 heterocycles. The monoisotopic (exact) mass is 911 g/mol. The van der Waals surface area contributed by atoms with Crippen LogP contribution in [0.4, 0.5) is 0 Å². The molecule has 0 amide bonds. The normalized spacial score (nSPS) is 13.3. The average Bonchev–Trinajstić information content (AvgIpc) is 3.32. The van der Waals surface area contributed by atoms with Crippen molar-refractivity contribution >= 4 is 11.9 Å². The lowest BCUT2D eigenvalue weighted by molar-refractivity contribution is -0.163. The van der Waals surface area contributed by atoms with Crippen molar-refractivity contribution in [3.8, 4) is 0 Å². The third kappa shape index (κ3) is 52.7. The number of unbranched alkanes of at least 4 members (excludes halogenated alkanes) is 14. The maximum atomic E-state index is 12.8. The van der Waals surface area contributed by atoms with Crippen LogP contribution < -0.4 is 0 Å². The van der Waals surface area contributed by atoms with E-state index in [1.165, 1.54) is 51.4 Å². The zero-order chi connectivity index (χ0) is 47.7. The molecule has 0 aliphatic heterocycles. The number of allylic oxidation sites excluding steroid dienone is 22. The second-order valence-corrected chi connectivity index (χ2v) is 17.0. The average molecular weight is 911 g/mol. The zero-order valence-corrected chi connectivity index (χ0v) is 42.7. The molecule has 66 heavy (non-hydrogen) atoms. The molecule has 0 aliphatic carbocycles. The first kappa shape index (κ1) is 62.0. The lowest BCUT2D eigenvalue weighted by Crippen LogP contribution is -2.30. The lowest BCUT2D eigenvalue weighted by atomic mass is 10.1. The number of carbonyl (C=O) groups is 2. The van der Waals surface area contributed by atoms with E-state index in [-0.39, 0.29) is 25.2 Å². The lowest BCUT2D eigenvalue weighted by Gasteiger charge is -2.18. The number of hydrogen-bond donors (Lipinski definition) is 0. The van der Waals surface area contributed by atoms with Crippen molar-refractivity contribution < 1.29 is 23.8 Å². The Kier molecular flexibility index (Phi) is 52.0. The molecule has 0 saturated heterocycles. The molecule has 0 aromatic rings. The topological polar surface area (TPSA) is 61.8 Å². The number of ether oxygens (including phenoxy) is 3. The van der Waals surface area contributed by atoms with Gasteiger partial charge in [0.25, 0.3) is 0 Å². The van der Waals surface area contributed by atoms with Gasteiger partial charge in [-0.15, -0.1) is 0 Å². The predicted octanol–water partition coefficient (Wildman–Crippen LogP) is 18.3. The third-order valence-electron chi connectivity index (χ3n) is 10.7. The number of hydrogen-bond acceptors (Lipinski definition) is 5. The zero-order valence-electron chi connectivity index (χ0n) is 42.7. The molecule has 5 nitrogen and oxygen atoms in total. The summed E-state index contributed by atoms with van der Waals surface area (Å²) >= 11 is 0. The van der Waals surface area contributed by atoms with Crippen LogP contribution in [0, 0.1) is 0 Å². The van der Waals surface area contributed by atoms with Crippen LogP contribution in [0.25, 0.3) is 0 Å². The van der Waals surface area contributed by atoms with E-state index in [9.17, 15) is 9.59 Å². The number of rotatable bonds is 47. The minimum Gasteiger partial charge on any atom is -0.462 e. The molecule has 0 aromatic carbocycles. The highest BCUT2D eigenvalue weighted by atomic mass is 16.6. The van der Waals surface area contributed by atoms with E-state index in [2.05, 4.69) is 154 Å². The highest BCUT2D eigenvalue weighted by Crippen LogP contribution is 2.12. The number of carbonyl (C=O) groups excluding carboxylic acids is 2. The summed E-state index contributed by atoms with van der Waals surface area (Å²) in [6, 6.07) is 0. The summed E-state index contributed by atoms with van der Waals surface area (Å²) in [5, 5.41) is 0. The summed E-state index contributed by atoms with van der Waals surface area (Å²) in [4.78, 5) is 25.4. The fourth-order valence-corrected chi connectivity index (χ4v) is 6.72. The van der Waals surface area contributed by atoms with E-state index in [1.807, 2.05) is 0 Å². The maximum absolute atomic E-state index is 12.8. The molecule has 0 fully saturated rings. The minimum absolute atomic E-state index is 0.0432. The van der Waals surface area contributed by atoms with E-state index in [1.54, 1.807) is 0 Å². The van der Waals surface area contributed by atoms with Crippen molar-refractivity contribution in [1.29, 1.82) is 0 Å². The van der Waals surface area contributed by atoms with Crippen LogP contribution in [0.15, 0.2) is 134 Å². The first-order chi connectivity index (χ1) is 32.6. The second-order valence-electron chi connectivity index (χ2n) is 17.0. The Bertz CT molecular complexity index is 1400. The highest BCUT2D eigenvalue weighted by molar-refractivity contribution is 5.70. The molecule has 0 spiro atoms. The summed E-state index contributed by atoms with van der Waals surface area (Å²) in [6.45, 7) is 7.47. The van der Waals surface area contributed by atoms with Crippen LogP contribution in [0.2, 0.25) is 0 Å². The Morgan fingerprint density at radius 3 is 1.11 bits per heavy atom. The predicted molar refractivity (Wildman–Crippen MR) is 288 cm³/mol. The van der Waals surface area contributed by atoms with E-state index in [4.69, 9.17) is 14.2 Å². The van der Waals surface area contributed by atoms with Gasteiger partial charge in [-0.2, -0.15) is 0 Å². The van der Waals surface area contributed by atoms with Gasteiger partial charge in [0.2, 0.25) is 0 Å². The molecule has 0 radical (unpaired) electrons. The van der Waals surface area contributed by atoms with Gasteiger partial charge in [0.15, 0.2) is 6.10 Å². The van der Waals surface area contributed by atoms with Crippen LogP contribution >= 0.6 is 0 Å². The van der Waals surface area contributed by atoms with Crippen LogP contribution in [0.3, 0.4) is 0 Å². The Labute approximate surface area is 407 Å². The molecular weight excluding hydrogens is 813 g/mol. The van der Waals surface area contributed by atoms with Crippen molar-refractivity contribution in [2.75, 3.05) is 19.8 Å². The summed E-state index contributed by atoms with van der Waals surface area (Å²) < 4.78 is 17.4. The number of esters is 2. The standard InChI is InChI=1S/C61H98O5/c1-4-7-10-13-16-19-22-25-27-29-31-33-35-37-39-42-45-48-51-54-60(62)65-58-59(57-64-56-53-50-47-44-41-24-21-18-15-12-9-6-3)66-61(63)55-52-49-46-43-40-38-36-34-32-30-28-26-23-20-17-14-11-8-5-2/h7-8,10-11,15-20,25-28,31-34,37-40,59H,4-6,9,12-14,21-24,29-30,35-36,41-58H2,1-3H3/b10-7-,11-8-,18-15-,19-16-,20-17-,27-25-,28-26-,33-31-,34-32-,39-37-,40-38-. The second kappa shape index (κ2) is 55.4. The summed E-state index contributed by atoms with van der Waals surface area (Å²) in [5.41, 5.74) is 0. The first-order valence-corrected chi connectivity index (χ1v) is 26.7.